The molecule has 0 spiro atoms. The van der Waals surface area contributed by atoms with Gasteiger partial charge in [0.25, 0.3) is 0 Å². The van der Waals surface area contributed by atoms with E-state index in [9.17, 15) is 0 Å². The molecule has 0 saturated heterocycles. The molecule has 0 amide bonds. The van der Waals surface area contributed by atoms with Gasteiger partial charge in [-0.2, -0.15) is 0 Å². The lowest BCUT2D eigenvalue weighted by Gasteiger charge is -2.00. The summed E-state index contributed by atoms with van der Waals surface area (Å²) in [5, 5.41) is 0. The van der Waals surface area contributed by atoms with Gasteiger partial charge in [-0.15, -0.1) is 0 Å². The van der Waals surface area contributed by atoms with E-state index in [2.05, 4.69) is 65.0 Å². The molecule has 0 aromatic carbocycles. The summed E-state index contributed by atoms with van der Waals surface area (Å²) in [7, 11) is 0. The van der Waals surface area contributed by atoms with Crippen molar-refractivity contribution in [1.82, 2.24) is 0 Å². The molecule has 0 aromatic rings. The van der Waals surface area contributed by atoms with Gasteiger partial charge in [0, 0.05) is 0 Å². The maximum absolute atomic E-state index is 2.26. The molecule has 0 heterocycles. The first-order chi connectivity index (χ1) is 7.13. The van der Waals surface area contributed by atoms with E-state index in [0.29, 0.717) is 0 Å². The van der Waals surface area contributed by atoms with Crippen LogP contribution in [-0.4, -0.2) is 0 Å². The van der Waals surface area contributed by atoms with E-state index >= 15 is 0 Å². The van der Waals surface area contributed by atoms with Crippen LogP contribution in [0.4, 0.5) is 0 Å². The highest BCUT2D eigenvalue weighted by atomic mass is 14.0. The molecule has 84 valence electrons. The van der Waals surface area contributed by atoms with Crippen LogP contribution in [0.25, 0.3) is 0 Å². The average Bonchev–Trinajstić information content (AvgIpc) is 2.25. The fourth-order valence-corrected chi connectivity index (χ4v) is 1.27. The van der Waals surface area contributed by atoms with Crippen molar-refractivity contribution in [2.24, 2.45) is 0 Å². The first kappa shape index (κ1) is 14.0. The molecule has 0 radical (unpaired) electrons. The predicted octanol–water partition coefficient (Wildman–Crippen LogP) is 5.20. The molecule has 0 atom stereocenters. The Morgan fingerprint density at radius 1 is 1.00 bits per heavy atom. The van der Waals surface area contributed by atoms with E-state index in [1.54, 1.807) is 0 Å². The lowest BCUT2D eigenvalue weighted by Crippen LogP contribution is -1.79. The average molecular weight is 204 g/mol. The Kier molecular flexibility index (Phi) is 7.71. The summed E-state index contributed by atoms with van der Waals surface area (Å²) in [5.41, 5.74) is 4.05. The van der Waals surface area contributed by atoms with Crippen molar-refractivity contribution < 1.29 is 0 Å². The summed E-state index contributed by atoms with van der Waals surface area (Å²) in [6, 6.07) is 0. The van der Waals surface area contributed by atoms with E-state index in [4.69, 9.17) is 0 Å². The zero-order valence-electron chi connectivity index (χ0n) is 10.8. The first-order valence-corrected chi connectivity index (χ1v) is 5.82. The lowest BCUT2D eigenvalue weighted by atomic mass is 10.1. The molecular weight excluding hydrogens is 180 g/mol. The van der Waals surface area contributed by atoms with Gasteiger partial charge in [-0.1, -0.05) is 55.4 Å². The Labute approximate surface area is 95.1 Å². The summed E-state index contributed by atoms with van der Waals surface area (Å²) >= 11 is 0. The van der Waals surface area contributed by atoms with Crippen LogP contribution in [0.5, 0.6) is 0 Å². The van der Waals surface area contributed by atoms with Gasteiger partial charge in [0.15, 0.2) is 0 Å². The smallest absolute Gasteiger partial charge is 0.0307 e. The maximum Gasteiger partial charge on any atom is -0.0307 e. The Bertz CT molecular complexity index is 285. The topological polar surface area (TPSA) is 0 Å². The zero-order valence-corrected chi connectivity index (χ0v) is 10.8. The van der Waals surface area contributed by atoms with E-state index in [-0.39, 0.29) is 0 Å². The van der Waals surface area contributed by atoms with Crippen molar-refractivity contribution in [2.75, 3.05) is 0 Å². The van der Waals surface area contributed by atoms with Crippen LogP contribution < -0.4 is 0 Å². The Balaban J connectivity index is 4.71. The molecule has 0 fully saturated rings. The van der Waals surface area contributed by atoms with Gasteiger partial charge in [0.1, 0.15) is 0 Å². The maximum atomic E-state index is 2.26. The van der Waals surface area contributed by atoms with Gasteiger partial charge in [-0.05, 0) is 39.2 Å². The Morgan fingerprint density at radius 3 is 2.13 bits per heavy atom. The number of rotatable bonds is 5. The molecule has 0 heteroatoms. The molecule has 0 aliphatic carbocycles. The van der Waals surface area contributed by atoms with Crippen molar-refractivity contribution >= 4 is 0 Å². The van der Waals surface area contributed by atoms with Crippen LogP contribution in [0.2, 0.25) is 0 Å². The fourth-order valence-electron chi connectivity index (χ4n) is 1.27. The second-order valence-electron chi connectivity index (χ2n) is 3.80. The minimum Gasteiger partial charge on any atom is -0.0847 e. The lowest BCUT2D eigenvalue weighted by molar-refractivity contribution is 1.13. The molecule has 0 aliphatic rings. The summed E-state index contributed by atoms with van der Waals surface area (Å²) in [6.45, 7) is 10.7. The minimum absolute atomic E-state index is 1.09. The molecule has 0 unspecified atom stereocenters. The van der Waals surface area contributed by atoms with Gasteiger partial charge < -0.3 is 0 Å². The van der Waals surface area contributed by atoms with Gasteiger partial charge in [-0.3, -0.25) is 0 Å². The number of allylic oxidation sites excluding steroid dienone is 8. The zero-order chi connectivity index (χ0) is 11.7. The van der Waals surface area contributed by atoms with E-state index in [0.717, 1.165) is 12.8 Å². The normalized spacial score (nSPS) is 15.1. The molecule has 15 heavy (non-hydrogen) atoms. The second kappa shape index (κ2) is 8.28. The van der Waals surface area contributed by atoms with Crippen LogP contribution >= 0.6 is 0 Å². The number of hydrogen-bond acceptors (Lipinski definition) is 0. The Morgan fingerprint density at radius 2 is 1.67 bits per heavy atom. The summed E-state index contributed by atoms with van der Waals surface area (Å²) < 4.78 is 0. The van der Waals surface area contributed by atoms with Crippen molar-refractivity contribution in [3.8, 4) is 0 Å². The molecule has 0 aromatic heterocycles. The van der Waals surface area contributed by atoms with Crippen LogP contribution in [0.15, 0.2) is 47.1 Å². The van der Waals surface area contributed by atoms with Gasteiger partial charge >= 0.3 is 0 Å². The van der Waals surface area contributed by atoms with E-state index in [1.165, 1.54) is 16.7 Å². The largest absolute Gasteiger partial charge is 0.0847 e. The van der Waals surface area contributed by atoms with Gasteiger partial charge in [-0.25, -0.2) is 0 Å². The van der Waals surface area contributed by atoms with Crippen LogP contribution in [0, 0.1) is 0 Å². The summed E-state index contributed by atoms with van der Waals surface area (Å²) in [6.07, 6.45) is 13.2. The van der Waals surface area contributed by atoms with Crippen molar-refractivity contribution in [2.45, 2.75) is 47.5 Å². The molecule has 0 aliphatic heterocycles. The Hall–Kier alpha value is -1.04. The monoisotopic (exact) mass is 204 g/mol. The third-order valence-electron chi connectivity index (χ3n) is 2.31. The molecule has 0 bridgehead atoms. The molecule has 0 rings (SSSR count). The van der Waals surface area contributed by atoms with Crippen LogP contribution in [0.3, 0.4) is 0 Å². The first-order valence-electron chi connectivity index (χ1n) is 5.82. The molecule has 0 N–H and O–H groups in total. The predicted molar refractivity (Wildman–Crippen MR) is 71.0 cm³/mol. The highest BCUT2D eigenvalue weighted by Gasteiger charge is 1.90. The number of hydrogen-bond donors (Lipinski definition) is 0. The third-order valence-corrected chi connectivity index (χ3v) is 2.31. The highest BCUT2D eigenvalue weighted by Crippen LogP contribution is 2.11. The highest BCUT2D eigenvalue weighted by molar-refractivity contribution is 5.33. The SMILES string of the molecule is CC=C(C)C=C(C=C(C)C=CCC)CC. The van der Waals surface area contributed by atoms with Crippen LogP contribution in [0.1, 0.15) is 47.5 Å². The van der Waals surface area contributed by atoms with E-state index < -0.39 is 0 Å². The van der Waals surface area contributed by atoms with Crippen molar-refractivity contribution in [3.63, 3.8) is 0 Å². The van der Waals surface area contributed by atoms with Crippen LogP contribution in [-0.2, 0) is 0 Å². The van der Waals surface area contributed by atoms with Gasteiger partial charge in [0.05, 0.1) is 0 Å². The summed E-state index contributed by atoms with van der Waals surface area (Å²) in [5.74, 6) is 0. The third kappa shape index (κ3) is 6.96. The quantitative estimate of drug-likeness (QED) is 0.540. The fraction of sp³-hybridized carbons (Fsp3) is 0.467. The van der Waals surface area contributed by atoms with Crippen molar-refractivity contribution in [1.29, 1.82) is 0 Å². The van der Waals surface area contributed by atoms with Crippen molar-refractivity contribution in [3.05, 3.63) is 47.1 Å². The van der Waals surface area contributed by atoms with Gasteiger partial charge in [0.2, 0.25) is 0 Å². The minimum atomic E-state index is 1.09. The standard InChI is InChI=1S/C15H24/c1-6-9-10-14(5)12-15(8-3)11-13(4)7-2/h7,9-12H,6,8H2,1-5H3. The molecule has 0 saturated carbocycles. The summed E-state index contributed by atoms with van der Waals surface area (Å²) in [4.78, 5) is 0. The molecule has 0 nitrogen and oxygen atoms in total. The second-order valence-corrected chi connectivity index (χ2v) is 3.80. The molecular formula is C15H24. The van der Waals surface area contributed by atoms with E-state index in [1.807, 2.05) is 0 Å².